The lowest BCUT2D eigenvalue weighted by Gasteiger charge is -2.20. The first-order valence-electron chi connectivity index (χ1n) is 14.8. The Kier molecular flexibility index (Phi) is 12.1. The van der Waals surface area contributed by atoms with Gasteiger partial charge in [0.25, 0.3) is 17.7 Å². The number of ether oxygens (including phenoxy) is 3. The van der Waals surface area contributed by atoms with Crippen molar-refractivity contribution in [1.29, 1.82) is 0 Å². The van der Waals surface area contributed by atoms with Gasteiger partial charge < -0.3 is 29.3 Å². The summed E-state index contributed by atoms with van der Waals surface area (Å²) >= 11 is 0. The summed E-state index contributed by atoms with van der Waals surface area (Å²) in [5.74, 6) is -1.68. The summed E-state index contributed by atoms with van der Waals surface area (Å²) < 4.78 is 36.6. The van der Waals surface area contributed by atoms with Crippen LogP contribution in [0.3, 0.4) is 0 Å². The number of benzene rings is 2. The number of halogens is 1. The quantitative estimate of drug-likeness (QED) is 0.129. The number of carbonyl (C=O) groups is 4. The molecule has 0 saturated heterocycles. The second-order valence-corrected chi connectivity index (χ2v) is 10.5. The topological polar surface area (TPSA) is 153 Å². The smallest absolute Gasteiger partial charge is 0.336 e. The van der Waals surface area contributed by atoms with E-state index in [9.17, 15) is 28.4 Å². The Morgan fingerprint density at radius 2 is 1.59 bits per heavy atom. The highest BCUT2D eigenvalue weighted by molar-refractivity contribution is 6.12. The fraction of sp³-hybridized carbons (Fsp3) is 0.364. The molecule has 1 unspecified atom stereocenters. The van der Waals surface area contributed by atoms with E-state index in [1.807, 2.05) is 0 Å². The van der Waals surface area contributed by atoms with Gasteiger partial charge in [-0.25, -0.2) is 9.18 Å². The molecule has 2 aromatic carbocycles. The zero-order chi connectivity index (χ0) is 33.1. The van der Waals surface area contributed by atoms with Crippen LogP contribution in [0.5, 0.6) is 5.75 Å². The third kappa shape index (κ3) is 9.56. The van der Waals surface area contributed by atoms with Crippen LogP contribution in [-0.4, -0.2) is 74.6 Å². The molecule has 0 radical (unpaired) electrons. The molecule has 0 fully saturated rings. The van der Waals surface area contributed by atoms with Crippen LogP contribution in [-0.2, 0) is 28.7 Å². The average molecular weight is 642 g/mol. The predicted octanol–water partition coefficient (Wildman–Crippen LogP) is 3.13. The van der Waals surface area contributed by atoms with E-state index in [4.69, 9.17) is 18.6 Å². The molecule has 2 heterocycles. The Bertz CT molecular complexity index is 1660. The Balaban J connectivity index is 0.00000400. The normalized spacial score (nSPS) is 13.3. The third-order valence-electron chi connectivity index (χ3n) is 7.09. The molecule has 1 aliphatic heterocycles. The van der Waals surface area contributed by atoms with Crippen LogP contribution in [0.2, 0.25) is 0 Å². The van der Waals surface area contributed by atoms with E-state index < -0.39 is 23.5 Å². The summed E-state index contributed by atoms with van der Waals surface area (Å²) in [4.78, 5) is 61.0. The highest BCUT2D eigenvalue weighted by Crippen LogP contribution is 2.28. The van der Waals surface area contributed by atoms with Crippen molar-refractivity contribution in [1.82, 2.24) is 15.5 Å². The highest BCUT2D eigenvalue weighted by atomic mass is 19.1. The molecule has 1 aromatic heterocycles. The number of imide groups is 1. The number of amides is 4. The summed E-state index contributed by atoms with van der Waals surface area (Å²) in [5, 5.41) is 6.16. The lowest BCUT2D eigenvalue weighted by Crippen LogP contribution is -2.35. The van der Waals surface area contributed by atoms with Gasteiger partial charge in [-0.05, 0) is 49.6 Å². The Morgan fingerprint density at radius 3 is 2.28 bits per heavy atom. The minimum Gasteiger partial charge on any atom is -0.476 e. The zero-order valence-electron chi connectivity index (χ0n) is 25.6. The maximum absolute atomic E-state index is 14.4. The average Bonchev–Trinajstić information content (AvgIpc) is 3.34. The molecule has 12 nitrogen and oxygen atoms in total. The Labute approximate surface area is 267 Å². The van der Waals surface area contributed by atoms with Gasteiger partial charge in [0.2, 0.25) is 12.0 Å². The molecule has 3 aromatic rings. The largest absolute Gasteiger partial charge is 0.476 e. The van der Waals surface area contributed by atoms with Gasteiger partial charge in [-0.2, -0.15) is 0 Å². The molecule has 0 bridgehead atoms. The summed E-state index contributed by atoms with van der Waals surface area (Å²) in [6, 6.07) is 10.7. The van der Waals surface area contributed by atoms with Gasteiger partial charge in [0.1, 0.15) is 17.1 Å². The molecule has 1 aliphatic rings. The number of nitrogens with one attached hydrogen (secondary N) is 2. The minimum atomic E-state index is -1.19. The third-order valence-corrected chi connectivity index (χ3v) is 7.09. The van der Waals surface area contributed by atoms with Crippen LogP contribution < -0.4 is 21.0 Å². The number of hydrogen-bond acceptors (Lipinski definition) is 9. The minimum absolute atomic E-state index is 0. The van der Waals surface area contributed by atoms with Crippen molar-refractivity contribution >= 4 is 34.6 Å². The Hall–Kier alpha value is -4.88. The van der Waals surface area contributed by atoms with Gasteiger partial charge >= 0.3 is 5.63 Å². The summed E-state index contributed by atoms with van der Waals surface area (Å²) in [6.07, 6.45) is 1.77. The lowest BCUT2D eigenvalue weighted by molar-refractivity contribution is -0.137. The van der Waals surface area contributed by atoms with E-state index in [1.165, 1.54) is 30.4 Å². The van der Waals surface area contributed by atoms with Crippen LogP contribution in [0.4, 0.5) is 4.39 Å². The molecule has 46 heavy (non-hydrogen) atoms. The van der Waals surface area contributed by atoms with Crippen LogP contribution in [0.1, 0.15) is 38.5 Å². The van der Waals surface area contributed by atoms with Crippen molar-refractivity contribution in [2.45, 2.75) is 32.8 Å². The van der Waals surface area contributed by atoms with E-state index in [0.29, 0.717) is 29.7 Å². The summed E-state index contributed by atoms with van der Waals surface area (Å²) in [6.45, 7) is 5.00. The molecule has 4 rings (SSSR count). The molecule has 248 valence electrons. The number of fused-ring (bicyclic) bond motifs is 1. The lowest BCUT2D eigenvalue weighted by atomic mass is 10.1. The molecular formula is C33H40FN3O9. The fourth-order valence-electron chi connectivity index (χ4n) is 4.62. The van der Waals surface area contributed by atoms with Crippen molar-refractivity contribution in [2.24, 2.45) is 0 Å². The molecule has 13 heteroatoms. The summed E-state index contributed by atoms with van der Waals surface area (Å²) in [7, 11) is 0. The van der Waals surface area contributed by atoms with Crippen molar-refractivity contribution < 1.29 is 45.0 Å². The second kappa shape index (κ2) is 16.4. The number of nitrogens with zero attached hydrogens (tertiary/aromatic N) is 1. The zero-order valence-corrected chi connectivity index (χ0v) is 25.6. The molecule has 0 saturated carbocycles. The predicted molar refractivity (Wildman–Crippen MR) is 169 cm³/mol. The van der Waals surface area contributed by atoms with E-state index in [0.717, 1.165) is 15.8 Å². The van der Waals surface area contributed by atoms with Gasteiger partial charge in [0, 0.05) is 64.1 Å². The number of carbonyl (C=O) groups excluding carboxylic acids is 4. The molecule has 4 amide bonds. The van der Waals surface area contributed by atoms with Gasteiger partial charge in [-0.3, -0.25) is 24.1 Å². The summed E-state index contributed by atoms with van der Waals surface area (Å²) in [5.41, 5.74) is 1.27. The van der Waals surface area contributed by atoms with Crippen LogP contribution in [0, 0.1) is 19.7 Å². The first kappa shape index (κ1) is 34.0. The van der Waals surface area contributed by atoms with Crippen LogP contribution in [0.15, 0.2) is 63.8 Å². The second-order valence-electron chi connectivity index (χ2n) is 10.5. The van der Waals surface area contributed by atoms with Crippen LogP contribution in [0.25, 0.3) is 11.0 Å². The van der Waals surface area contributed by atoms with Gasteiger partial charge in [0.05, 0.1) is 26.4 Å². The maximum Gasteiger partial charge on any atom is 0.336 e. The van der Waals surface area contributed by atoms with E-state index >= 15 is 0 Å². The van der Waals surface area contributed by atoms with Gasteiger partial charge in [-0.1, -0.05) is 12.1 Å². The molecule has 0 aliphatic carbocycles. The number of aryl methyl sites for hydroxylation is 2. The number of hydrogen-bond donors (Lipinski definition) is 2. The monoisotopic (exact) mass is 641 g/mol. The molecule has 1 atom stereocenters. The van der Waals surface area contributed by atoms with Crippen molar-refractivity contribution in [2.75, 3.05) is 46.1 Å². The maximum atomic E-state index is 14.4. The Morgan fingerprint density at radius 1 is 0.891 bits per heavy atom. The van der Waals surface area contributed by atoms with Crippen molar-refractivity contribution in [3.05, 3.63) is 87.5 Å². The van der Waals surface area contributed by atoms with E-state index in [1.54, 1.807) is 38.1 Å². The highest BCUT2D eigenvalue weighted by Gasteiger charge is 2.24. The number of rotatable bonds is 17. The first-order chi connectivity index (χ1) is 22.1. The van der Waals surface area contributed by atoms with Crippen molar-refractivity contribution in [3.8, 4) is 5.75 Å². The molecular weight excluding hydrogens is 601 g/mol. The SMILES string of the molecule is Cc1ccc(C(Oc2ccc3c(C)cc(=O)oc3c2)C(=O)NCCOCCOCCNC(=O)CCCN2C(=O)C=CC2=O)cc1F.[HH].[HH]. The van der Waals surface area contributed by atoms with Crippen molar-refractivity contribution in [3.63, 3.8) is 0 Å². The van der Waals surface area contributed by atoms with E-state index in [-0.39, 0.29) is 72.3 Å². The van der Waals surface area contributed by atoms with Gasteiger partial charge in [-0.15, -0.1) is 0 Å². The fourth-order valence-corrected chi connectivity index (χ4v) is 4.62. The van der Waals surface area contributed by atoms with Gasteiger partial charge in [0.15, 0.2) is 0 Å². The standard InChI is InChI=1S/C33H36FN3O9.2H2/c1-21-5-6-23(19-26(21)34)32(45-24-7-8-25-22(2)18-31(41)46-27(25)20-24)33(42)36-12-15-44-17-16-43-14-11-35-28(38)4-3-13-37-29(39)9-10-30(37)40;;/h5-10,18-20,32H,3-4,11-17H2,1-2H3,(H,35,38)(H,36,42);2*1H. The first-order valence-corrected chi connectivity index (χ1v) is 14.8. The van der Waals surface area contributed by atoms with Crippen LogP contribution >= 0.6 is 0 Å². The molecule has 2 N–H and O–H groups in total. The van der Waals surface area contributed by atoms with E-state index in [2.05, 4.69) is 10.6 Å². The molecule has 0 spiro atoms.